The summed E-state index contributed by atoms with van der Waals surface area (Å²) in [7, 11) is 2.23. The van der Waals surface area contributed by atoms with E-state index >= 15 is 0 Å². The monoisotopic (exact) mass is 484 g/mol. The molecule has 152 valence electrons. The number of rotatable bonds is 5. The lowest BCUT2D eigenvalue weighted by Crippen LogP contribution is -2.45. The van der Waals surface area contributed by atoms with Gasteiger partial charge in [0.05, 0.1) is 0 Å². The number of nitrogens with zero attached hydrogens (tertiary/aromatic N) is 2. The number of halogens is 1. The highest BCUT2D eigenvalue weighted by Gasteiger charge is 2.23. The Labute approximate surface area is 182 Å². The number of aliphatic imine (C=N–C) groups is 1. The Balaban J connectivity index is 0.00000261. The van der Waals surface area contributed by atoms with Crippen LogP contribution in [0.4, 0.5) is 0 Å². The maximum Gasteiger partial charge on any atom is 0.191 e. The summed E-state index contributed by atoms with van der Waals surface area (Å²) in [4.78, 5) is 7.35. The minimum Gasteiger partial charge on any atom is -0.357 e. The van der Waals surface area contributed by atoms with E-state index in [0.29, 0.717) is 12.0 Å². The first-order chi connectivity index (χ1) is 12.7. The summed E-state index contributed by atoms with van der Waals surface area (Å²) in [6.45, 7) is 6.45. The number of hydrogen-bond donors (Lipinski definition) is 2. The summed E-state index contributed by atoms with van der Waals surface area (Å²) in [5.41, 5.74) is 1.51. The number of hydrogen-bond acceptors (Lipinski definition) is 2. The maximum absolute atomic E-state index is 4.91. The Kier molecular flexibility index (Phi) is 9.90. The molecule has 0 bridgehead atoms. The molecule has 1 saturated heterocycles. The van der Waals surface area contributed by atoms with Crippen molar-refractivity contribution in [1.29, 1.82) is 0 Å². The molecule has 1 aliphatic heterocycles. The number of piperidine rings is 1. The first-order valence-electron chi connectivity index (χ1n) is 10.5. The average molecular weight is 484 g/mol. The van der Waals surface area contributed by atoms with Crippen molar-refractivity contribution in [2.24, 2.45) is 10.9 Å². The molecule has 4 nitrogen and oxygen atoms in total. The smallest absolute Gasteiger partial charge is 0.191 e. The lowest BCUT2D eigenvalue weighted by atomic mass is 9.82. The summed E-state index contributed by atoms with van der Waals surface area (Å²) >= 11 is 0. The summed E-state index contributed by atoms with van der Waals surface area (Å²) in [6.07, 6.45) is 7.63. The van der Waals surface area contributed by atoms with Gasteiger partial charge in [0.1, 0.15) is 0 Å². The standard InChI is InChI=1S/C22H36N4.HI/c1-3-23-22(24-16-18-8-7-15-26(2)17-18)25-21-13-11-20(12-14-21)19-9-5-4-6-10-19;/h4-6,9-10,18,20-21H,3,7-8,11-17H2,1-2H3,(H2,23,24,25);1H. The van der Waals surface area contributed by atoms with E-state index in [1.165, 1.54) is 57.2 Å². The highest BCUT2D eigenvalue weighted by atomic mass is 127. The Morgan fingerprint density at radius 1 is 1.11 bits per heavy atom. The summed E-state index contributed by atoms with van der Waals surface area (Å²) in [5, 5.41) is 7.15. The molecule has 1 aromatic rings. The molecule has 1 heterocycles. The second kappa shape index (κ2) is 11.9. The lowest BCUT2D eigenvalue weighted by Gasteiger charge is -2.31. The van der Waals surface area contributed by atoms with Crippen molar-refractivity contribution < 1.29 is 0 Å². The zero-order chi connectivity index (χ0) is 18.2. The Morgan fingerprint density at radius 2 is 1.85 bits per heavy atom. The van der Waals surface area contributed by atoms with Crippen molar-refractivity contribution in [2.75, 3.05) is 33.2 Å². The van der Waals surface area contributed by atoms with Crippen molar-refractivity contribution in [1.82, 2.24) is 15.5 Å². The van der Waals surface area contributed by atoms with Crippen molar-refractivity contribution >= 4 is 29.9 Å². The third-order valence-electron chi connectivity index (χ3n) is 5.91. The predicted octanol–water partition coefficient (Wildman–Crippen LogP) is 4.23. The van der Waals surface area contributed by atoms with Crippen molar-refractivity contribution in [3.63, 3.8) is 0 Å². The summed E-state index contributed by atoms with van der Waals surface area (Å²) in [5.74, 6) is 2.45. The van der Waals surface area contributed by atoms with E-state index in [2.05, 4.69) is 59.8 Å². The van der Waals surface area contributed by atoms with E-state index in [-0.39, 0.29) is 24.0 Å². The van der Waals surface area contributed by atoms with Crippen LogP contribution in [-0.4, -0.2) is 50.1 Å². The van der Waals surface area contributed by atoms with Crippen LogP contribution >= 0.6 is 24.0 Å². The fourth-order valence-corrected chi connectivity index (χ4v) is 4.45. The first-order valence-corrected chi connectivity index (χ1v) is 10.5. The molecule has 1 aliphatic carbocycles. The largest absolute Gasteiger partial charge is 0.357 e. The quantitative estimate of drug-likeness (QED) is 0.374. The van der Waals surface area contributed by atoms with Gasteiger partial charge in [-0.3, -0.25) is 4.99 Å². The second-order valence-electron chi connectivity index (χ2n) is 8.09. The molecule has 27 heavy (non-hydrogen) atoms. The molecular weight excluding hydrogens is 447 g/mol. The molecule has 1 aromatic carbocycles. The van der Waals surface area contributed by atoms with Crippen LogP contribution in [0.15, 0.2) is 35.3 Å². The highest BCUT2D eigenvalue weighted by Crippen LogP contribution is 2.32. The zero-order valence-corrected chi connectivity index (χ0v) is 19.3. The Morgan fingerprint density at radius 3 is 2.52 bits per heavy atom. The topological polar surface area (TPSA) is 39.7 Å². The Hall–Kier alpha value is -0.820. The molecular formula is C22H37IN4. The van der Waals surface area contributed by atoms with E-state index < -0.39 is 0 Å². The van der Waals surface area contributed by atoms with Crippen molar-refractivity contribution in [3.8, 4) is 0 Å². The fourth-order valence-electron chi connectivity index (χ4n) is 4.45. The van der Waals surface area contributed by atoms with Crippen LogP contribution in [0.3, 0.4) is 0 Å². The molecule has 1 saturated carbocycles. The van der Waals surface area contributed by atoms with Crippen LogP contribution in [0, 0.1) is 5.92 Å². The van der Waals surface area contributed by atoms with Gasteiger partial charge < -0.3 is 15.5 Å². The minimum atomic E-state index is 0. The second-order valence-corrected chi connectivity index (χ2v) is 8.09. The van der Waals surface area contributed by atoms with Gasteiger partial charge in [0.2, 0.25) is 0 Å². The normalized spacial score (nSPS) is 26.9. The SMILES string of the molecule is CCNC(=NCC1CCCN(C)C1)NC1CCC(c2ccccc2)CC1.I. The van der Waals surface area contributed by atoms with E-state index in [9.17, 15) is 0 Å². The van der Waals surface area contributed by atoms with Gasteiger partial charge >= 0.3 is 0 Å². The summed E-state index contributed by atoms with van der Waals surface area (Å²) < 4.78 is 0. The molecule has 2 fully saturated rings. The molecule has 0 aromatic heterocycles. The molecule has 2 N–H and O–H groups in total. The lowest BCUT2D eigenvalue weighted by molar-refractivity contribution is 0.214. The summed E-state index contributed by atoms with van der Waals surface area (Å²) in [6, 6.07) is 11.6. The highest BCUT2D eigenvalue weighted by molar-refractivity contribution is 14.0. The molecule has 0 spiro atoms. The predicted molar refractivity (Wildman–Crippen MR) is 126 cm³/mol. The van der Waals surface area contributed by atoms with Gasteiger partial charge in [0.25, 0.3) is 0 Å². The third-order valence-corrected chi connectivity index (χ3v) is 5.91. The number of likely N-dealkylation sites (tertiary alicyclic amines) is 1. The van der Waals surface area contributed by atoms with E-state index in [1.807, 2.05) is 0 Å². The first kappa shape index (κ1) is 22.5. The number of nitrogens with one attached hydrogen (secondary N) is 2. The van der Waals surface area contributed by atoms with Gasteiger partial charge in [-0.2, -0.15) is 0 Å². The third kappa shape index (κ3) is 7.26. The van der Waals surface area contributed by atoms with Gasteiger partial charge in [-0.05, 0) is 76.4 Å². The molecule has 0 amide bonds. The number of benzene rings is 1. The van der Waals surface area contributed by atoms with Crippen molar-refractivity contribution in [3.05, 3.63) is 35.9 Å². The van der Waals surface area contributed by atoms with Crippen LogP contribution in [0.5, 0.6) is 0 Å². The van der Waals surface area contributed by atoms with Gasteiger partial charge in [-0.1, -0.05) is 30.3 Å². The maximum atomic E-state index is 4.91. The molecule has 3 rings (SSSR count). The molecule has 1 unspecified atom stereocenters. The van der Waals surface area contributed by atoms with Crippen LogP contribution in [-0.2, 0) is 0 Å². The fraction of sp³-hybridized carbons (Fsp3) is 0.682. The van der Waals surface area contributed by atoms with Gasteiger partial charge in [-0.25, -0.2) is 0 Å². The van der Waals surface area contributed by atoms with Gasteiger partial charge in [-0.15, -0.1) is 24.0 Å². The van der Waals surface area contributed by atoms with Gasteiger partial charge in [0.15, 0.2) is 5.96 Å². The van der Waals surface area contributed by atoms with E-state index in [4.69, 9.17) is 4.99 Å². The number of guanidine groups is 1. The minimum absolute atomic E-state index is 0. The van der Waals surface area contributed by atoms with E-state index in [0.717, 1.165) is 25.0 Å². The zero-order valence-electron chi connectivity index (χ0n) is 17.0. The van der Waals surface area contributed by atoms with Crippen LogP contribution in [0.1, 0.15) is 56.9 Å². The molecule has 0 radical (unpaired) electrons. The molecule has 1 atom stereocenters. The van der Waals surface area contributed by atoms with Crippen LogP contribution in [0.2, 0.25) is 0 Å². The van der Waals surface area contributed by atoms with Crippen LogP contribution in [0.25, 0.3) is 0 Å². The van der Waals surface area contributed by atoms with Gasteiger partial charge in [0, 0.05) is 25.7 Å². The van der Waals surface area contributed by atoms with Crippen LogP contribution < -0.4 is 10.6 Å². The molecule has 5 heteroatoms. The molecule has 2 aliphatic rings. The Bertz CT molecular complexity index is 555. The van der Waals surface area contributed by atoms with Crippen molar-refractivity contribution in [2.45, 2.75) is 57.4 Å². The van der Waals surface area contributed by atoms with E-state index in [1.54, 1.807) is 0 Å². The average Bonchev–Trinajstić information content (AvgIpc) is 2.68.